The van der Waals surface area contributed by atoms with Gasteiger partial charge in [0.1, 0.15) is 6.10 Å². The number of rotatable bonds is 4. The van der Waals surface area contributed by atoms with Crippen molar-refractivity contribution in [3.05, 3.63) is 59.2 Å². The third kappa shape index (κ3) is 3.06. The van der Waals surface area contributed by atoms with Gasteiger partial charge < -0.3 is 19.0 Å². The van der Waals surface area contributed by atoms with Gasteiger partial charge in [0.2, 0.25) is 0 Å². The van der Waals surface area contributed by atoms with Crippen LogP contribution in [0.3, 0.4) is 0 Å². The van der Waals surface area contributed by atoms with Crippen molar-refractivity contribution in [3.8, 4) is 11.5 Å². The highest BCUT2D eigenvalue weighted by Crippen LogP contribution is 2.37. The molecular formula is C22H23NO4. The van der Waals surface area contributed by atoms with Crippen LogP contribution in [0.4, 0.5) is 0 Å². The Morgan fingerprint density at radius 3 is 2.59 bits per heavy atom. The van der Waals surface area contributed by atoms with Gasteiger partial charge in [-0.05, 0) is 29.3 Å². The topological polar surface area (TPSA) is 49.3 Å². The molecule has 1 saturated heterocycles. The van der Waals surface area contributed by atoms with Gasteiger partial charge in [0.15, 0.2) is 17.1 Å². The number of methoxy groups -OCH3 is 1. The fourth-order valence-corrected chi connectivity index (χ4v) is 4.21. The highest BCUT2D eigenvalue weighted by molar-refractivity contribution is 6.02. The summed E-state index contributed by atoms with van der Waals surface area (Å²) in [4.78, 5) is 5.73. The van der Waals surface area contributed by atoms with Crippen molar-refractivity contribution in [3.63, 3.8) is 0 Å². The molecule has 5 heteroatoms. The summed E-state index contributed by atoms with van der Waals surface area (Å²) in [6.07, 6.45) is 3.64. The third-order valence-corrected chi connectivity index (χ3v) is 5.71. The smallest absolute Gasteiger partial charge is 0.168 e. The highest BCUT2D eigenvalue weighted by atomic mass is 16.7. The lowest BCUT2D eigenvalue weighted by molar-refractivity contribution is -0.0237. The molecule has 5 nitrogen and oxygen atoms in total. The first-order chi connectivity index (χ1) is 13.2. The molecule has 2 heterocycles. The zero-order valence-corrected chi connectivity index (χ0v) is 15.4. The predicted octanol–water partition coefficient (Wildman–Crippen LogP) is 3.52. The van der Waals surface area contributed by atoms with E-state index in [1.54, 1.807) is 7.11 Å². The number of hydrogen-bond donors (Lipinski definition) is 0. The minimum Gasteiger partial charge on any atom is -0.493 e. The number of oxime groups is 1. The summed E-state index contributed by atoms with van der Waals surface area (Å²) < 4.78 is 17.4. The monoisotopic (exact) mass is 365 g/mol. The van der Waals surface area contributed by atoms with E-state index in [0.717, 1.165) is 55.1 Å². The average molecular weight is 365 g/mol. The third-order valence-electron chi connectivity index (χ3n) is 5.71. The molecule has 27 heavy (non-hydrogen) atoms. The van der Waals surface area contributed by atoms with E-state index in [2.05, 4.69) is 29.4 Å². The molecule has 0 N–H and O–H groups in total. The molecule has 2 aromatic carbocycles. The summed E-state index contributed by atoms with van der Waals surface area (Å²) in [6, 6.07) is 14.5. The predicted molar refractivity (Wildman–Crippen MR) is 102 cm³/mol. The molecule has 3 aliphatic rings. The van der Waals surface area contributed by atoms with Crippen molar-refractivity contribution in [2.24, 2.45) is 5.16 Å². The summed E-state index contributed by atoms with van der Waals surface area (Å²) in [7, 11) is 1.67. The molecule has 0 saturated carbocycles. The van der Waals surface area contributed by atoms with Gasteiger partial charge in [-0.1, -0.05) is 29.4 Å². The van der Waals surface area contributed by atoms with E-state index in [9.17, 15) is 0 Å². The summed E-state index contributed by atoms with van der Waals surface area (Å²) in [5.74, 6) is 1.51. The van der Waals surface area contributed by atoms with Gasteiger partial charge in [-0.25, -0.2) is 0 Å². The molecule has 2 aliphatic heterocycles. The quantitative estimate of drug-likeness (QED) is 0.832. The second-order valence-corrected chi connectivity index (χ2v) is 7.57. The summed E-state index contributed by atoms with van der Waals surface area (Å²) >= 11 is 0. The van der Waals surface area contributed by atoms with Gasteiger partial charge in [0, 0.05) is 31.2 Å². The zero-order valence-electron chi connectivity index (χ0n) is 15.4. The average Bonchev–Trinajstić information content (AvgIpc) is 3.42. The maximum absolute atomic E-state index is 6.35. The van der Waals surface area contributed by atoms with Gasteiger partial charge in [-0.3, -0.25) is 0 Å². The van der Waals surface area contributed by atoms with E-state index in [1.807, 2.05) is 18.2 Å². The minimum atomic E-state index is -0.274. The molecule has 1 spiro atoms. The van der Waals surface area contributed by atoms with Gasteiger partial charge >= 0.3 is 0 Å². The minimum absolute atomic E-state index is 0.128. The van der Waals surface area contributed by atoms with E-state index in [1.165, 1.54) is 11.1 Å². The number of fused-ring (bicyclic) bond motifs is 1. The van der Waals surface area contributed by atoms with E-state index in [4.69, 9.17) is 19.0 Å². The van der Waals surface area contributed by atoms with Crippen molar-refractivity contribution in [1.29, 1.82) is 0 Å². The van der Waals surface area contributed by atoms with Crippen LogP contribution in [0.2, 0.25) is 0 Å². The van der Waals surface area contributed by atoms with E-state index >= 15 is 0 Å². The van der Waals surface area contributed by atoms with E-state index in [0.29, 0.717) is 6.61 Å². The Bertz CT molecular complexity index is 861. The molecule has 0 bridgehead atoms. The first-order valence-corrected chi connectivity index (χ1v) is 9.49. The second kappa shape index (κ2) is 6.57. The van der Waals surface area contributed by atoms with E-state index < -0.39 is 0 Å². The molecule has 1 unspecified atom stereocenters. The second-order valence-electron chi connectivity index (χ2n) is 7.57. The Hall–Kier alpha value is -2.53. The lowest BCUT2D eigenvalue weighted by Crippen LogP contribution is -2.29. The zero-order chi connectivity index (χ0) is 18.3. The van der Waals surface area contributed by atoms with Crippen LogP contribution in [0.1, 0.15) is 29.5 Å². The summed E-state index contributed by atoms with van der Waals surface area (Å²) in [5, 5.41) is 4.34. The molecule has 0 radical (unpaired) electrons. The normalized spacial score (nSPS) is 24.0. The number of hydrogen-bond acceptors (Lipinski definition) is 5. The van der Waals surface area contributed by atoms with Crippen LogP contribution >= 0.6 is 0 Å². The molecule has 140 valence electrons. The fraction of sp³-hybridized carbons (Fsp3) is 0.409. The Labute approximate surface area is 158 Å². The van der Waals surface area contributed by atoms with Crippen LogP contribution in [-0.2, 0) is 22.4 Å². The van der Waals surface area contributed by atoms with Gasteiger partial charge in [-0.15, -0.1) is 0 Å². The molecule has 0 aromatic heterocycles. The lowest BCUT2D eigenvalue weighted by Gasteiger charge is -2.18. The lowest BCUT2D eigenvalue weighted by atomic mass is 9.93. The van der Waals surface area contributed by atoms with Gasteiger partial charge in [0.05, 0.1) is 26.0 Å². The van der Waals surface area contributed by atoms with Crippen LogP contribution < -0.4 is 9.47 Å². The molecule has 1 fully saturated rings. The Morgan fingerprint density at radius 2 is 1.89 bits per heavy atom. The molecule has 2 aromatic rings. The first-order valence-electron chi connectivity index (χ1n) is 9.49. The highest BCUT2D eigenvalue weighted by Gasteiger charge is 2.43. The van der Waals surface area contributed by atoms with Crippen molar-refractivity contribution in [2.75, 3.05) is 20.3 Å². The summed E-state index contributed by atoms with van der Waals surface area (Å²) in [5.41, 5.74) is 4.43. The van der Waals surface area contributed by atoms with Crippen LogP contribution in [0, 0.1) is 0 Å². The molecule has 1 atom stereocenters. The van der Waals surface area contributed by atoms with E-state index in [-0.39, 0.29) is 11.7 Å². The standard InChI is InChI=1S/C22H23NO4/c1-24-20-7-6-17(19-13-22(27-23-19)8-9-25-14-22)12-21(20)26-18-10-15-4-2-3-5-16(15)11-18/h2-7,12,18H,8-11,13-14H2,1H3. The van der Waals surface area contributed by atoms with Gasteiger partial charge in [0.25, 0.3) is 0 Å². The van der Waals surface area contributed by atoms with Crippen LogP contribution in [-0.4, -0.2) is 37.7 Å². The SMILES string of the molecule is COc1ccc(C2=NOC3(CCOC3)C2)cc1OC1Cc2ccccc2C1. The molecule has 0 amide bonds. The van der Waals surface area contributed by atoms with Crippen molar-refractivity contribution in [2.45, 2.75) is 37.4 Å². The Morgan fingerprint density at radius 1 is 1.07 bits per heavy atom. The number of nitrogens with zero attached hydrogens (tertiary/aromatic N) is 1. The fourth-order valence-electron chi connectivity index (χ4n) is 4.21. The molecular weight excluding hydrogens is 342 g/mol. The van der Waals surface area contributed by atoms with Crippen LogP contribution in [0.25, 0.3) is 0 Å². The molecule has 5 rings (SSSR count). The van der Waals surface area contributed by atoms with Crippen molar-refractivity contribution in [1.82, 2.24) is 0 Å². The maximum atomic E-state index is 6.35. The first kappa shape index (κ1) is 16.6. The number of ether oxygens (including phenoxy) is 3. The Kier molecular flexibility index (Phi) is 4.05. The molecule has 1 aliphatic carbocycles. The maximum Gasteiger partial charge on any atom is 0.168 e. The van der Waals surface area contributed by atoms with Crippen LogP contribution in [0.15, 0.2) is 47.6 Å². The van der Waals surface area contributed by atoms with Crippen molar-refractivity contribution < 1.29 is 19.0 Å². The van der Waals surface area contributed by atoms with Gasteiger partial charge in [-0.2, -0.15) is 0 Å². The number of benzene rings is 2. The summed E-state index contributed by atoms with van der Waals surface area (Å²) in [6.45, 7) is 1.35. The van der Waals surface area contributed by atoms with Crippen molar-refractivity contribution >= 4 is 5.71 Å². The largest absolute Gasteiger partial charge is 0.493 e. The van der Waals surface area contributed by atoms with Crippen LogP contribution in [0.5, 0.6) is 11.5 Å². The Balaban J connectivity index is 1.36.